The van der Waals surface area contributed by atoms with Gasteiger partial charge in [-0.25, -0.2) is 4.98 Å². The fourth-order valence-corrected chi connectivity index (χ4v) is 5.56. The van der Waals surface area contributed by atoms with E-state index in [0.29, 0.717) is 6.54 Å². The number of rotatable bonds is 21. The first-order chi connectivity index (χ1) is 19.2. The van der Waals surface area contributed by atoms with Crippen LogP contribution in [0.25, 0.3) is 11.0 Å². The molecule has 0 aliphatic heterocycles. The molecule has 0 bridgehead atoms. The maximum atomic E-state index is 12.5. The molecule has 0 spiro atoms. The van der Waals surface area contributed by atoms with Crippen LogP contribution >= 0.6 is 0 Å². The highest BCUT2D eigenvalue weighted by Crippen LogP contribution is 2.19. The molecule has 2 aromatic carbocycles. The Morgan fingerprint density at radius 2 is 1.33 bits per heavy atom. The number of aryl methyl sites for hydroxylation is 2. The van der Waals surface area contributed by atoms with E-state index < -0.39 is 0 Å². The third kappa shape index (κ3) is 11.6. The Morgan fingerprint density at radius 1 is 0.744 bits per heavy atom. The lowest BCUT2D eigenvalue weighted by molar-refractivity contribution is 0.0954. The monoisotopic (exact) mass is 531 g/mol. The third-order valence-corrected chi connectivity index (χ3v) is 7.88. The summed E-state index contributed by atoms with van der Waals surface area (Å²) in [6.07, 6.45) is 22.9. The van der Waals surface area contributed by atoms with Gasteiger partial charge in [-0.05, 0) is 37.6 Å². The number of hydrogen-bond donors (Lipinski definition) is 1. The van der Waals surface area contributed by atoms with Crippen LogP contribution in [0.1, 0.15) is 131 Å². The van der Waals surface area contributed by atoms with E-state index in [2.05, 4.69) is 41.1 Å². The summed E-state index contributed by atoms with van der Waals surface area (Å²) in [5.41, 5.74) is 4.08. The molecule has 4 heteroatoms. The van der Waals surface area contributed by atoms with Crippen LogP contribution in [0.3, 0.4) is 0 Å². The van der Waals surface area contributed by atoms with Crippen molar-refractivity contribution in [2.24, 2.45) is 0 Å². The van der Waals surface area contributed by atoms with Gasteiger partial charge in [0.25, 0.3) is 5.91 Å². The van der Waals surface area contributed by atoms with Crippen molar-refractivity contribution < 1.29 is 4.79 Å². The zero-order valence-electron chi connectivity index (χ0n) is 24.9. The summed E-state index contributed by atoms with van der Waals surface area (Å²) in [6, 6.07) is 16.2. The maximum absolute atomic E-state index is 12.5. The summed E-state index contributed by atoms with van der Waals surface area (Å²) in [6.45, 7) is 5.89. The fraction of sp³-hybridized carbons (Fsp3) is 0.600. The Kier molecular flexibility index (Phi) is 14.8. The molecule has 3 rings (SSSR count). The quantitative estimate of drug-likeness (QED) is 0.139. The van der Waals surface area contributed by atoms with Crippen molar-refractivity contribution in [2.45, 2.75) is 130 Å². The lowest BCUT2D eigenvalue weighted by Gasteiger charge is -2.10. The standard InChI is InChI=1S/C35H53N3O/c1-3-4-5-6-7-8-9-10-11-12-13-14-15-16-17-20-28-38-33-25-19-18-24-32(33)37-34(38)26-27-36-35(39)31-23-21-22-30(2)29-31/h18-19,21-25,29H,3-17,20,26-28H2,1-2H3,(H,36,39). The van der Waals surface area contributed by atoms with Gasteiger partial charge in [-0.1, -0.05) is 133 Å². The number of aromatic nitrogens is 2. The summed E-state index contributed by atoms with van der Waals surface area (Å²) < 4.78 is 2.37. The first-order valence-corrected chi connectivity index (χ1v) is 16.0. The number of carbonyl (C=O) groups excluding carboxylic acids is 1. The van der Waals surface area contributed by atoms with E-state index in [9.17, 15) is 4.79 Å². The second-order valence-electron chi connectivity index (χ2n) is 11.3. The summed E-state index contributed by atoms with van der Waals surface area (Å²) in [4.78, 5) is 17.4. The Balaban J connectivity index is 1.29. The summed E-state index contributed by atoms with van der Waals surface area (Å²) >= 11 is 0. The van der Waals surface area contributed by atoms with Gasteiger partial charge < -0.3 is 9.88 Å². The minimum Gasteiger partial charge on any atom is -0.352 e. The maximum Gasteiger partial charge on any atom is 0.251 e. The predicted molar refractivity (Wildman–Crippen MR) is 166 cm³/mol. The third-order valence-electron chi connectivity index (χ3n) is 7.88. The van der Waals surface area contributed by atoms with Gasteiger partial charge in [0, 0.05) is 25.1 Å². The molecule has 0 aliphatic rings. The van der Waals surface area contributed by atoms with E-state index in [0.717, 1.165) is 35.4 Å². The van der Waals surface area contributed by atoms with Crippen molar-refractivity contribution in [1.82, 2.24) is 14.9 Å². The number of nitrogens with zero attached hydrogens (tertiary/aromatic N) is 2. The van der Waals surface area contributed by atoms with E-state index >= 15 is 0 Å². The number of benzene rings is 2. The van der Waals surface area contributed by atoms with Crippen molar-refractivity contribution in [3.63, 3.8) is 0 Å². The Hall–Kier alpha value is -2.62. The van der Waals surface area contributed by atoms with Crippen LogP contribution in [-0.2, 0) is 13.0 Å². The van der Waals surface area contributed by atoms with Crippen LogP contribution in [0.15, 0.2) is 48.5 Å². The second kappa shape index (κ2) is 18.6. The van der Waals surface area contributed by atoms with Gasteiger partial charge in [0.05, 0.1) is 11.0 Å². The van der Waals surface area contributed by atoms with Gasteiger partial charge in [-0.3, -0.25) is 4.79 Å². The van der Waals surface area contributed by atoms with Crippen LogP contribution in [0.4, 0.5) is 0 Å². The van der Waals surface area contributed by atoms with Gasteiger partial charge >= 0.3 is 0 Å². The molecule has 1 N–H and O–H groups in total. The van der Waals surface area contributed by atoms with Gasteiger partial charge in [-0.2, -0.15) is 0 Å². The summed E-state index contributed by atoms with van der Waals surface area (Å²) in [5.74, 6) is 1.06. The number of hydrogen-bond acceptors (Lipinski definition) is 2. The highest BCUT2D eigenvalue weighted by atomic mass is 16.1. The number of unbranched alkanes of at least 4 members (excludes halogenated alkanes) is 15. The molecule has 1 amide bonds. The Morgan fingerprint density at radius 3 is 1.95 bits per heavy atom. The summed E-state index contributed by atoms with van der Waals surface area (Å²) in [5, 5.41) is 3.08. The molecule has 3 aromatic rings. The molecule has 214 valence electrons. The van der Waals surface area contributed by atoms with Crippen LogP contribution in [0.5, 0.6) is 0 Å². The Labute approximate surface area is 238 Å². The highest BCUT2D eigenvalue weighted by molar-refractivity contribution is 5.94. The molecule has 0 saturated heterocycles. The number of amides is 1. The van der Waals surface area contributed by atoms with Crippen molar-refractivity contribution >= 4 is 16.9 Å². The second-order valence-corrected chi connectivity index (χ2v) is 11.3. The van der Waals surface area contributed by atoms with Crippen molar-refractivity contribution in [3.05, 3.63) is 65.5 Å². The summed E-state index contributed by atoms with van der Waals surface area (Å²) in [7, 11) is 0. The van der Waals surface area contributed by atoms with E-state index in [4.69, 9.17) is 4.98 Å². The fourth-order valence-electron chi connectivity index (χ4n) is 5.56. The molecular formula is C35H53N3O. The van der Waals surface area contributed by atoms with Crippen LogP contribution < -0.4 is 5.32 Å². The molecule has 0 atom stereocenters. The predicted octanol–water partition coefficient (Wildman–Crippen LogP) is 9.58. The van der Waals surface area contributed by atoms with Gasteiger partial charge in [-0.15, -0.1) is 0 Å². The molecule has 1 aromatic heterocycles. The van der Waals surface area contributed by atoms with Gasteiger partial charge in [0.2, 0.25) is 0 Å². The molecule has 1 heterocycles. The smallest absolute Gasteiger partial charge is 0.251 e. The molecule has 0 saturated carbocycles. The SMILES string of the molecule is CCCCCCCCCCCCCCCCCCn1c(CCNC(=O)c2cccc(C)c2)nc2ccccc21. The molecule has 4 nitrogen and oxygen atoms in total. The largest absolute Gasteiger partial charge is 0.352 e. The zero-order chi connectivity index (χ0) is 27.5. The number of imidazole rings is 1. The van der Waals surface area contributed by atoms with Crippen LogP contribution in [-0.4, -0.2) is 22.0 Å². The minimum absolute atomic E-state index is 0.0147. The normalized spacial score (nSPS) is 11.3. The van der Waals surface area contributed by atoms with E-state index in [-0.39, 0.29) is 5.91 Å². The molecule has 0 fully saturated rings. The molecular weight excluding hydrogens is 478 g/mol. The van der Waals surface area contributed by atoms with Crippen molar-refractivity contribution in [2.75, 3.05) is 6.54 Å². The van der Waals surface area contributed by atoms with E-state index in [1.807, 2.05) is 31.2 Å². The highest BCUT2D eigenvalue weighted by Gasteiger charge is 2.11. The zero-order valence-corrected chi connectivity index (χ0v) is 24.9. The minimum atomic E-state index is -0.0147. The van der Waals surface area contributed by atoms with Gasteiger partial charge in [0.1, 0.15) is 5.82 Å². The average molecular weight is 532 g/mol. The number of carbonyl (C=O) groups is 1. The molecule has 39 heavy (non-hydrogen) atoms. The first-order valence-electron chi connectivity index (χ1n) is 16.0. The lowest BCUT2D eigenvalue weighted by Crippen LogP contribution is -2.26. The topological polar surface area (TPSA) is 46.9 Å². The lowest BCUT2D eigenvalue weighted by atomic mass is 10.0. The molecule has 0 radical (unpaired) electrons. The van der Waals surface area contributed by atoms with Gasteiger partial charge in [0.15, 0.2) is 0 Å². The average Bonchev–Trinajstić information content (AvgIpc) is 3.30. The molecule has 0 unspecified atom stereocenters. The molecule has 0 aliphatic carbocycles. The number of nitrogens with one attached hydrogen (secondary N) is 1. The first kappa shape index (κ1) is 30.9. The van der Waals surface area contributed by atoms with Crippen molar-refractivity contribution in [1.29, 1.82) is 0 Å². The Bertz CT molecular complexity index is 1090. The van der Waals surface area contributed by atoms with E-state index in [1.54, 1.807) is 0 Å². The number of para-hydroxylation sites is 2. The van der Waals surface area contributed by atoms with E-state index in [1.165, 1.54) is 108 Å². The van der Waals surface area contributed by atoms with Crippen LogP contribution in [0.2, 0.25) is 0 Å². The number of fused-ring (bicyclic) bond motifs is 1. The van der Waals surface area contributed by atoms with Crippen molar-refractivity contribution in [3.8, 4) is 0 Å². The van der Waals surface area contributed by atoms with Crippen LogP contribution in [0, 0.1) is 6.92 Å².